The van der Waals surface area contributed by atoms with Crippen molar-refractivity contribution < 1.29 is 9.53 Å². The van der Waals surface area contributed by atoms with Gasteiger partial charge in [-0.25, -0.2) is 0 Å². The monoisotopic (exact) mass is 283 g/mol. The van der Waals surface area contributed by atoms with Crippen molar-refractivity contribution in [3.8, 4) is 0 Å². The number of ether oxygens (including phenoxy) is 1. The number of aryl methyl sites for hydroxylation is 1. The van der Waals surface area contributed by atoms with Gasteiger partial charge in [-0.15, -0.1) is 0 Å². The van der Waals surface area contributed by atoms with E-state index >= 15 is 0 Å². The number of hydrogen-bond acceptors (Lipinski definition) is 2. The quantitative estimate of drug-likeness (QED) is 0.744. The number of halogens is 1. The number of nitrogens with one attached hydrogen (secondary N) is 1. The average Bonchev–Trinajstić information content (AvgIpc) is 2.37. The van der Waals surface area contributed by atoms with Crippen molar-refractivity contribution in [2.75, 3.05) is 13.2 Å². The lowest BCUT2D eigenvalue weighted by atomic mass is 10.1. The fraction of sp³-hybridized carbons (Fsp3) is 0.533. The zero-order valence-corrected chi connectivity index (χ0v) is 12.4. The highest BCUT2D eigenvalue weighted by Gasteiger charge is 2.03. The highest BCUT2D eigenvalue weighted by Crippen LogP contribution is 2.16. The third-order valence-corrected chi connectivity index (χ3v) is 3.05. The largest absolute Gasteiger partial charge is 0.377 e. The highest BCUT2D eigenvalue weighted by atomic mass is 35.5. The molecule has 4 heteroatoms. The van der Waals surface area contributed by atoms with Crippen LogP contribution >= 0.6 is 11.6 Å². The summed E-state index contributed by atoms with van der Waals surface area (Å²) in [5.41, 5.74) is 1.10. The average molecular weight is 284 g/mol. The standard InChI is InChI=1S/C15H22ClNO2/c1-12(2)19-11-10-17-15(18)9-5-7-13-6-3-4-8-14(13)16/h3-4,6,8,12H,5,7,9-11H2,1-2H3,(H,17,18). The van der Waals surface area contributed by atoms with Crippen LogP contribution in [0.5, 0.6) is 0 Å². The molecule has 0 aliphatic carbocycles. The minimum Gasteiger partial charge on any atom is -0.377 e. The number of carbonyl (C=O) groups excluding carboxylic acids is 1. The van der Waals surface area contributed by atoms with Gasteiger partial charge in [-0.05, 0) is 38.3 Å². The first kappa shape index (κ1) is 16.0. The van der Waals surface area contributed by atoms with Crippen LogP contribution in [0.1, 0.15) is 32.3 Å². The second-order valence-electron chi connectivity index (χ2n) is 4.71. The Hall–Kier alpha value is -1.06. The Morgan fingerprint density at radius 3 is 2.79 bits per heavy atom. The van der Waals surface area contributed by atoms with E-state index in [1.54, 1.807) is 0 Å². The molecule has 0 saturated carbocycles. The van der Waals surface area contributed by atoms with Gasteiger partial charge in [-0.1, -0.05) is 29.8 Å². The fourth-order valence-electron chi connectivity index (χ4n) is 1.71. The topological polar surface area (TPSA) is 38.3 Å². The van der Waals surface area contributed by atoms with Crippen LogP contribution in [-0.2, 0) is 16.0 Å². The summed E-state index contributed by atoms with van der Waals surface area (Å²) in [6, 6.07) is 7.74. The van der Waals surface area contributed by atoms with Gasteiger partial charge in [0.05, 0.1) is 12.7 Å². The van der Waals surface area contributed by atoms with Crippen molar-refractivity contribution in [2.24, 2.45) is 0 Å². The summed E-state index contributed by atoms with van der Waals surface area (Å²) in [4.78, 5) is 11.6. The molecule has 1 aromatic rings. The van der Waals surface area contributed by atoms with Crippen LogP contribution in [0.4, 0.5) is 0 Å². The molecule has 0 aromatic heterocycles. The predicted octanol–water partition coefficient (Wildman–Crippen LogP) is 3.20. The van der Waals surface area contributed by atoms with Crippen LogP contribution < -0.4 is 5.32 Å². The number of amides is 1. The van der Waals surface area contributed by atoms with Crippen LogP contribution in [-0.4, -0.2) is 25.2 Å². The van der Waals surface area contributed by atoms with Crippen molar-refractivity contribution >= 4 is 17.5 Å². The summed E-state index contributed by atoms with van der Waals surface area (Å²) in [5, 5.41) is 3.61. The van der Waals surface area contributed by atoms with Gasteiger partial charge < -0.3 is 10.1 Å². The molecule has 0 fully saturated rings. The zero-order valence-electron chi connectivity index (χ0n) is 11.6. The van der Waals surface area contributed by atoms with Crippen LogP contribution in [0.25, 0.3) is 0 Å². The van der Waals surface area contributed by atoms with Crippen molar-refractivity contribution in [1.82, 2.24) is 5.32 Å². The smallest absolute Gasteiger partial charge is 0.220 e. The molecular weight excluding hydrogens is 262 g/mol. The van der Waals surface area contributed by atoms with E-state index in [-0.39, 0.29) is 12.0 Å². The Morgan fingerprint density at radius 2 is 2.11 bits per heavy atom. The molecule has 0 aliphatic heterocycles. The summed E-state index contributed by atoms with van der Waals surface area (Å²) in [7, 11) is 0. The van der Waals surface area contributed by atoms with Gasteiger partial charge in [-0.2, -0.15) is 0 Å². The van der Waals surface area contributed by atoms with Crippen LogP contribution in [0.3, 0.4) is 0 Å². The second-order valence-corrected chi connectivity index (χ2v) is 5.12. The third kappa shape index (κ3) is 7.19. The van der Waals surface area contributed by atoms with Crippen LogP contribution in [0, 0.1) is 0 Å². The predicted molar refractivity (Wildman–Crippen MR) is 78.5 cm³/mol. The first-order valence-corrected chi connectivity index (χ1v) is 7.09. The SMILES string of the molecule is CC(C)OCCNC(=O)CCCc1ccccc1Cl. The van der Waals surface area contributed by atoms with E-state index in [0.717, 1.165) is 23.4 Å². The van der Waals surface area contributed by atoms with E-state index < -0.39 is 0 Å². The lowest BCUT2D eigenvalue weighted by molar-refractivity contribution is -0.121. The molecule has 1 N–H and O–H groups in total. The molecule has 0 unspecified atom stereocenters. The summed E-state index contributed by atoms with van der Waals surface area (Å²) < 4.78 is 5.35. The molecule has 106 valence electrons. The molecule has 3 nitrogen and oxygen atoms in total. The molecule has 0 saturated heterocycles. The first-order chi connectivity index (χ1) is 9.09. The summed E-state index contributed by atoms with van der Waals surface area (Å²) in [6.07, 6.45) is 2.36. The number of benzene rings is 1. The number of carbonyl (C=O) groups is 1. The van der Waals surface area contributed by atoms with Gasteiger partial charge in [0.15, 0.2) is 0 Å². The van der Waals surface area contributed by atoms with Gasteiger partial charge >= 0.3 is 0 Å². The van der Waals surface area contributed by atoms with E-state index in [0.29, 0.717) is 19.6 Å². The highest BCUT2D eigenvalue weighted by molar-refractivity contribution is 6.31. The molecule has 0 radical (unpaired) electrons. The molecule has 0 spiro atoms. The van der Waals surface area contributed by atoms with Crippen LogP contribution in [0.15, 0.2) is 24.3 Å². The minimum absolute atomic E-state index is 0.0689. The summed E-state index contributed by atoms with van der Waals surface area (Å²) in [6.45, 7) is 5.09. The molecule has 0 atom stereocenters. The maximum absolute atomic E-state index is 11.6. The molecule has 0 bridgehead atoms. The summed E-state index contributed by atoms with van der Waals surface area (Å²) in [5.74, 6) is 0.0689. The first-order valence-electron chi connectivity index (χ1n) is 6.71. The summed E-state index contributed by atoms with van der Waals surface area (Å²) >= 11 is 6.05. The minimum atomic E-state index is 0.0689. The maximum atomic E-state index is 11.6. The lowest BCUT2D eigenvalue weighted by Crippen LogP contribution is -2.27. The third-order valence-electron chi connectivity index (χ3n) is 2.68. The molecule has 1 rings (SSSR count). The van der Waals surface area contributed by atoms with E-state index in [9.17, 15) is 4.79 Å². The molecular formula is C15H22ClNO2. The molecule has 19 heavy (non-hydrogen) atoms. The molecule has 0 aliphatic rings. The maximum Gasteiger partial charge on any atom is 0.220 e. The lowest BCUT2D eigenvalue weighted by Gasteiger charge is -2.08. The Bertz CT molecular complexity index is 393. The fourth-order valence-corrected chi connectivity index (χ4v) is 1.94. The van der Waals surface area contributed by atoms with Gasteiger partial charge in [-0.3, -0.25) is 4.79 Å². The number of rotatable bonds is 8. The van der Waals surface area contributed by atoms with Crippen molar-refractivity contribution in [1.29, 1.82) is 0 Å². The number of hydrogen-bond donors (Lipinski definition) is 1. The van der Waals surface area contributed by atoms with Crippen molar-refractivity contribution in [3.63, 3.8) is 0 Å². The van der Waals surface area contributed by atoms with Gasteiger partial charge in [0.1, 0.15) is 0 Å². The molecule has 1 amide bonds. The normalized spacial score (nSPS) is 10.7. The van der Waals surface area contributed by atoms with Crippen LogP contribution in [0.2, 0.25) is 5.02 Å². The van der Waals surface area contributed by atoms with Crippen molar-refractivity contribution in [3.05, 3.63) is 34.9 Å². The van der Waals surface area contributed by atoms with E-state index in [2.05, 4.69) is 5.32 Å². The van der Waals surface area contributed by atoms with E-state index in [1.165, 1.54) is 0 Å². The Labute approximate surface area is 120 Å². The Kier molecular flexibility index (Phi) is 7.53. The Balaban J connectivity index is 2.12. The molecule has 0 heterocycles. The second kappa shape index (κ2) is 8.94. The van der Waals surface area contributed by atoms with E-state index in [4.69, 9.17) is 16.3 Å². The van der Waals surface area contributed by atoms with Crippen molar-refractivity contribution in [2.45, 2.75) is 39.2 Å². The van der Waals surface area contributed by atoms with Gasteiger partial charge in [0, 0.05) is 18.0 Å². The Morgan fingerprint density at radius 1 is 1.37 bits per heavy atom. The van der Waals surface area contributed by atoms with E-state index in [1.807, 2.05) is 38.1 Å². The van der Waals surface area contributed by atoms with Gasteiger partial charge in [0.2, 0.25) is 5.91 Å². The molecule has 1 aromatic carbocycles. The van der Waals surface area contributed by atoms with Gasteiger partial charge in [0.25, 0.3) is 0 Å². The zero-order chi connectivity index (χ0) is 14.1.